The standard InChI is InChI=1S/C16H22N2O/c1-13-7-9-18(10-8-13)16(2,12-17)11-14-3-5-15(19)6-4-14/h3-6,13,19H,7-11H2,1-2H3. The lowest BCUT2D eigenvalue weighted by Crippen LogP contribution is -2.50. The molecule has 19 heavy (non-hydrogen) atoms. The minimum absolute atomic E-state index is 0.272. The van der Waals surface area contributed by atoms with Crippen molar-refractivity contribution < 1.29 is 5.11 Å². The highest BCUT2D eigenvalue weighted by atomic mass is 16.3. The summed E-state index contributed by atoms with van der Waals surface area (Å²) < 4.78 is 0. The van der Waals surface area contributed by atoms with E-state index in [-0.39, 0.29) is 5.75 Å². The minimum atomic E-state index is -0.447. The highest BCUT2D eigenvalue weighted by Gasteiger charge is 2.34. The average Bonchev–Trinajstić information content (AvgIpc) is 2.42. The molecule has 1 fully saturated rings. The predicted molar refractivity (Wildman–Crippen MR) is 75.8 cm³/mol. The molecule has 2 rings (SSSR count). The van der Waals surface area contributed by atoms with E-state index >= 15 is 0 Å². The molecule has 1 heterocycles. The third-order valence-electron chi connectivity index (χ3n) is 4.21. The van der Waals surface area contributed by atoms with Crippen LogP contribution in [0.25, 0.3) is 0 Å². The maximum absolute atomic E-state index is 9.58. The van der Waals surface area contributed by atoms with Gasteiger partial charge in [0.05, 0.1) is 6.07 Å². The summed E-state index contributed by atoms with van der Waals surface area (Å²) >= 11 is 0. The third-order valence-corrected chi connectivity index (χ3v) is 4.21. The van der Waals surface area contributed by atoms with E-state index in [1.54, 1.807) is 12.1 Å². The second-order valence-electron chi connectivity index (χ2n) is 5.90. The van der Waals surface area contributed by atoms with Crippen LogP contribution in [0.1, 0.15) is 32.3 Å². The van der Waals surface area contributed by atoms with Crippen molar-refractivity contribution in [3.8, 4) is 11.8 Å². The Kier molecular flexibility index (Phi) is 4.11. The number of rotatable bonds is 3. The first-order valence-electron chi connectivity index (χ1n) is 6.98. The van der Waals surface area contributed by atoms with Crippen LogP contribution in [0.4, 0.5) is 0 Å². The highest BCUT2D eigenvalue weighted by Crippen LogP contribution is 2.27. The molecule has 0 saturated carbocycles. The van der Waals surface area contributed by atoms with Gasteiger partial charge in [-0.25, -0.2) is 0 Å². The molecule has 102 valence electrons. The van der Waals surface area contributed by atoms with Gasteiger partial charge >= 0.3 is 0 Å². The van der Waals surface area contributed by atoms with E-state index in [2.05, 4.69) is 17.9 Å². The van der Waals surface area contributed by atoms with Crippen molar-refractivity contribution in [3.63, 3.8) is 0 Å². The van der Waals surface area contributed by atoms with Crippen LogP contribution in [0.15, 0.2) is 24.3 Å². The topological polar surface area (TPSA) is 47.3 Å². The first-order chi connectivity index (χ1) is 9.03. The molecular weight excluding hydrogens is 236 g/mol. The minimum Gasteiger partial charge on any atom is -0.508 e. The van der Waals surface area contributed by atoms with E-state index in [1.807, 2.05) is 19.1 Å². The molecule has 1 aliphatic rings. The number of likely N-dealkylation sites (tertiary alicyclic amines) is 1. The van der Waals surface area contributed by atoms with Crippen molar-refractivity contribution in [1.82, 2.24) is 4.90 Å². The van der Waals surface area contributed by atoms with E-state index in [1.165, 1.54) is 12.8 Å². The van der Waals surface area contributed by atoms with Crippen LogP contribution in [0.5, 0.6) is 5.75 Å². The molecule has 1 atom stereocenters. The van der Waals surface area contributed by atoms with Gasteiger partial charge < -0.3 is 5.11 Å². The van der Waals surface area contributed by atoms with E-state index in [4.69, 9.17) is 0 Å². The number of aromatic hydroxyl groups is 1. The number of piperidine rings is 1. The molecule has 0 amide bonds. The van der Waals surface area contributed by atoms with Crippen LogP contribution in [-0.4, -0.2) is 28.6 Å². The van der Waals surface area contributed by atoms with E-state index < -0.39 is 5.54 Å². The quantitative estimate of drug-likeness (QED) is 0.906. The Bertz CT molecular complexity index is 455. The number of nitrogens with zero attached hydrogens (tertiary/aromatic N) is 2. The average molecular weight is 258 g/mol. The molecule has 1 aliphatic heterocycles. The van der Waals surface area contributed by atoms with Gasteiger partial charge in [-0.1, -0.05) is 19.1 Å². The normalized spacial score (nSPS) is 20.7. The second-order valence-corrected chi connectivity index (χ2v) is 5.90. The molecule has 0 aromatic heterocycles. The number of phenols is 1. The molecule has 3 heteroatoms. The summed E-state index contributed by atoms with van der Waals surface area (Å²) in [5.41, 5.74) is 0.650. The van der Waals surface area contributed by atoms with E-state index in [9.17, 15) is 10.4 Å². The second kappa shape index (κ2) is 5.63. The van der Waals surface area contributed by atoms with Gasteiger partial charge in [0.15, 0.2) is 0 Å². The monoisotopic (exact) mass is 258 g/mol. The summed E-state index contributed by atoms with van der Waals surface area (Å²) in [5, 5.41) is 18.9. The Labute approximate surface area is 115 Å². The summed E-state index contributed by atoms with van der Waals surface area (Å²) in [5.74, 6) is 1.04. The molecule has 0 spiro atoms. The lowest BCUT2D eigenvalue weighted by molar-refractivity contribution is 0.103. The number of nitriles is 1. The molecule has 1 aromatic carbocycles. The molecule has 1 aromatic rings. The summed E-state index contributed by atoms with van der Waals surface area (Å²) in [6.07, 6.45) is 3.05. The third kappa shape index (κ3) is 3.27. The summed E-state index contributed by atoms with van der Waals surface area (Å²) in [6.45, 7) is 6.31. The fourth-order valence-electron chi connectivity index (χ4n) is 2.74. The van der Waals surface area contributed by atoms with Crippen LogP contribution >= 0.6 is 0 Å². The maximum atomic E-state index is 9.58. The molecule has 1 unspecified atom stereocenters. The fraction of sp³-hybridized carbons (Fsp3) is 0.562. The summed E-state index contributed by atoms with van der Waals surface area (Å²) in [4.78, 5) is 2.31. The van der Waals surface area contributed by atoms with Crippen LogP contribution in [0.3, 0.4) is 0 Å². The van der Waals surface area contributed by atoms with Crippen LogP contribution < -0.4 is 0 Å². The van der Waals surface area contributed by atoms with Crippen molar-refractivity contribution in [2.45, 2.75) is 38.6 Å². The van der Waals surface area contributed by atoms with Gasteiger partial charge in [-0.15, -0.1) is 0 Å². The molecular formula is C16H22N2O. The Hall–Kier alpha value is -1.53. The fourth-order valence-corrected chi connectivity index (χ4v) is 2.74. The number of phenolic OH excluding ortho intramolecular Hbond substituents is 1. The highest BCUT2D eigenvalue weighted by molar-refractivity contribution is 5.28. The van der Waals surface area contributed by atoms with Gasteiger partial charge in [0.25, 0.3) is 0 Å². The Morgan fingerprint density at radius 3 is 2.42 bits per heavy atom. The zero-order chi connectivity index (χ0) is 13.9. The maximum Gasteiger partial charge on any atom is 0.115 e. The van der Waals surface area contributed by atoms with Crippen molar-refractivity contribution in [2.75, 3.05) is 13.1 Å². The SMILES string of the molecule is CC1CCN(C(C)(C#N)Cc2ccc(O)cc2)CC1. The molecule has 1 saturated heterocycles. The van der Waals surface area contributed by atoms with Gasteiger partial charge in [0.2, 0.25) is 0 Å². The Balaban J connectivity index is 2.09. The van der Waals surface area contributed by atoms with Crippen LogP contribution in [0.2, 0.25) is 0 Å². The van der Waals surface area contributed by atoms with E-state index in [0.717, 1.165) is 24.6 Å². The molecule has 0 bridgehead atoms. The molecule has 0 radical (unpaired) electrons. The first-order valence-corrected chi connectivity index (χ1v) is 6.98. The number of benzene rings is 1. The van der Waals surface area contributed by atoms with Crippen LogP contribution in [-0.2, 0) is 6.42 Å². The smallest absolute Gasteiger partial charge is 0.115 e. The van der Waals surface area contributed by atoms with Gasteiger partial charge in [-0.05, 0) is 56.5 Å². The largest absolute Gasteiger partial charge is 0.508 e. The predicted octanol–water partition coefficient (Wildman–Crippen LogP) is 2.95. The summed E-state index contributed by atoms with van der Waals surface area (Å²) in [7, 11) is 0. The van der Waals surface area contributed by atoms with Crippen molar-refractivity contribution in [3.05, 3.63) is 29.8 Å². The Morgan fingerprint density at radius 2 is 1.89 bits per heavy atom. The number of hydrogen-bond acceptors (Lipinski definition) is 3. The lowest BCUT2D eigenvalue weighted by atomic mass is 9.88. The molecule has 3 nitrogen and oxygen atoms in total. The van der Waals surface area contributed by atoms with Gasteiger partial charge in [0, 0.05) is 6.42 Å². The summed E-state index contributed by atoms with van der Waals surface area (Å²) in [6, 6.07) is 9.66. The number of hydrogen-bond donors (Lipinski definition) is 1. The molecule has 0 aliphatic carbocycles. The lowest BCUT2D eigenvalue weighted by Gasteiger charge is -2.40. The van der Waals surface area contributed by atoms with Gasteiger partial charge in [0.1, 0.15) is 11.3 Å². The Morgan fingerprint density at radius 1 is 1.32 bits per heavy atom. The van der Waals surface area contributed by atoms with Crippen molar-refractivity contribution >= 4 is 0 Å². The van der Waals surface area contributed by atoms with E-state index in [0.29, 0.717) is 6.42 Å². The first kappa shape index (κ1) is 13.9. The zero-order valence-electron chi connectivity index (χ0n) is 11.8. The zero-order valence-corrected chi connectivity index (χ0v) is 11.8. The molecule has 1 N–H and O–H groups in total. The van der Waals surface area contributed by atoms with Gasteiger partial charge in [-0.2, -0.15) is 5.26 Å². The van der Waals surface area contributed by atoms with Gasteiger partial charge in [-0.3, -0.25) is 4.90 Å². The van der Waals surface area contributed by atoms with Crippen molar-refractivity contribution in [1.29, 1.82) is 5.26 Å². The van der Waals surface area contributed by atoms with Crippen molar-refractivity contribution in [2.24, 2.45) is 5.92 Å². The van der Waals surface area contributed by atoms with Crippen LogP contribution in [0, 0.1) is 17.2 Å².